The fourth-order valence-electron chi connectivity index (χ4n) is 2.02. The number of aryl methyl sites for hydroxylation is 1. The van der Waals surface area contributed by atoms with Crippen LogP contribution in [0.5, 0.6) is 0 Å². The second-order valence-electron chi connectivity index (χ2n) is 4.46. The van der Waals surface area contributed by atoms with Crippen LogP contribution in [0.15, 0.2) is 36.7 Å². The molecule has 0 bridgehead atoms. The molecular weight excluding hydrogens is 274 g/mol. The van der Waals surface area contributed by atoms with E-state index in [-0.39, 0.29) is 0 Å². The average Bonchev–Trinajstić information content (AvgIpc) is 2.86. The molecule has 0 spiro atoms. The lowest BCUT2D eigenvalue weighted by Gasteiger charge is -2.03. The molecule has 0 aliphatic carbocycles. The number of rotatable bonds is 5. The summed E-state index contributed by atoms with van der Waals surface area (Å²) in [5.74, 6) is 1.70. The summed E-state index contributed by atoms with van der Waals surface area (Å²) in [5.41, 5.74) is 2.09. The molecular formula is C14H14ClN5. The van der Waals surface area contributed by atoms with Crippen LogP contribution in [0.2, 0.25) is 5.15 Å². The molecule has 0 unspecified atom stereocenters. The van der Waals surface area contributed by atoms with Gasteiger partial charge in [0.25, 0.3) is 0 Å². The number of para-hydroxylation sites is 2. The second-order valence-corrected chi connectivity index (χ2v) is 4.85. The van der Waals surface area contributed by atoms with Crippen molar-refractivity contribution in [1.29, 1.82) is 0 Å². The molecule has 0 atom stereocenters. The molecule has 0 amide bonds. The number of nitrogens with one attached hydrogen (secondary N) is 2. The summed E-state index contributed by atoms with van der Waals surface area (Å²) in [4.78, 5) is 15.9. The van der Waals surface area contributed by atoms with Gasteiger partial charge in [-0.3, -0.25) is 4.98 Å². The molecule has 0 aliphatic rings. The van der Waals surface area contributed by atoms with Crippen molar-refractivity contribution >= 4 is 28.5 Å². The van der Waals surface area contributed by atoms with Gasteiger partial charge < -0.3 is 10.3 Å². The maximum Gasteiger partial charge on any atom is 0.149 e. The summed E-state index contributed by atoms with van der Waals surface area (Å²) >= 11 is 5.77. The SMILES string of the molecule is Clc1cncc(NCCCc2nc3ccccc3[nH]2)n1. The quantitative estimate of drug-likeness (QED) is 0.708. The van der Waals surface area contributed by atoms with Crippen LogP contribution in [0.1, 0.15) is 12.2 Å². The highest BCUT2D eigenvalue weighted by molar-refractivity contribution is 6.29. The summed E-state index contributed by atoms with van der Waals surface area (Å²) in [6, 6.07) is 8.04. The first-order chi connectivity index (χ1) is 9.81. The standard InChI is InChI=1S/C14H14ClN5/c15-12-8-16-9-14(20-12)17-7-3-6-13-18-10-4-1-2-5-11(10)19-13/h1-2,4-5,8-9H,3,6-7H2,(H,17,20)(H,18,19). The molecule has 0 aliphatic heterocycles. The Morgan fingerprint density at radius 3 is 2.90 bits per heavy atom. The summed E-state index contributed by atoms with van der Waals surface area (Å²) in [7, 11) is 0. The molecule has 2 N–H and O–H groups in total. The third-order valence-electron chi connectivity index (χ3n) is 2.94. The molecule has 3 aromatic rings. The van der Waals surface area contributed by atoms with E-state index in [0.717, 1.165) is 36.2 Å². The zero-order valence-electron chi connectivity index (χ0n) is 10.8. The molecule has 1 aromatic carbocycles. The van der Waals surface area contributed by atoms with Crippen LogP contribution >= 0.6 is 11.6 Å². The third kappa shape index (κ3) is 3.05. The number of imidazole rings is 1. The molecule has 20 heavy (non-hydrogen) atoms. The van der Waals surface area contributed by atoms with Gasteiger partial charge in [-0.2, -0.15) is 0 Å². The van der Waals surface area contributed by atoms with E-state index in [2.05, 4.69) is 25.3 Å². The van der Waals surface area contributed by atoms with Gasteiger partial charge in [-0.05, 0) is 18.6 Å². The van der Waals surface area contributed by atoms with E-state index in [0.29, 0.717) is 11.0 Å². The molecule has 2 aromatic heterocycles. The van der Waals surface area contributed by atoms with E-state index in [1.54, 1.807) is 6.20 Å². The maximum absolute atomic E-state index is 5.77. The number of fused-ring (bicyclic) bond motifs is 1. The van der Waals surface area contributed by atoms with Gasteiger partial charge in [-0.15, -0.1) is 0 Å². The monoisotopic (exact) mass is 287 g/mol. The fourth-order valence-corrected chi connectivity index (χ4v) is 2.17. The van der Waals surface area contributed by atoms with Crippen LogP contribution in [0, 0.1) is 0 Å². The van der Waals surface area contributed by atoms with Crippen molar-refractivity contribution in [3.8, 4) is 0 Å². The number of benzene rings is 1. The normalized spacial score (nSPS) is 10.8. The molecule has 2 heterocycles. The van der Waals surface area contributed by atoms with E-state index in [9.17, 15) is 0 Å². The molecule has 5 nitrogen and oxygen atoms in total. The van der Waals surface area contributed by atoms with Gasteiger partial charge in [-0.25, -0.2) is 9.97 Å². The third-order valence-corrected chi connectivity index (χ3v) is 3.12. The average molecular weight is 288 g/mol. The summed E-state index contributed by atoms with van der Waals surface area (Å²) < 4.78 is 0. The van der Waals surface area contributed by atoms with E-state index < -0.39 is 0 Å². The molecule has 0 radical (unpaired) electrons. The molecule has 0 saturated carbocycles. The number of hydrogen-bond donors (Lipinski definition) is 2. The minimum absolute atomic E-state index is 0.396. The first-order valence-electron chi connectivity index (χ1n) is 6.46. The largest absolute Gasteiger partial charge is 0.369 e. The topological polar surface area (TPSA) is 66.5 Å². The van der Waals surface area contributed by atoms with E-state index in [1.807, 2.05) is 24.3 Å². The van der Waals surface area contributed by atoms with Gasteiger partial charge in [0.05, 0.1) is 23.4 Å². The minimum atomic E-state index is 0.396. The minimum Gasteiger partial charge on any atom is -0.369 e. The van der Waals surface area contributed by atoms with Crippen molar-refractivity contribution in [2.24, 2.45) is 0 Å². The number of anilines is 1. The van der Waals surface area contributed by atoms with Crippen LogP contribution in [0.4, 0.5) is 5.82 Å². The lowest BCUT2D eigenvalue weighted by atomic mass is 10.3. The van der Waals surface area contributed by atoms with Crippen molar-refractivity contribution in [2.75, 3.05) is 11.9 Å². The molecule has 0 fully saturated rings. The lowest BCUT2D eigenvalue weighted by molar-refractivity contribution is 0.816. The van der Waals surface area contributed by atoms with E-state index in [4.69, 9.17) is 11.6 Å². The molecule has 0 saturated heterocycles. The van der Waals surface area contributed by atoms with E-state index >= 15 is 0 Å². The summed E-state index contributed by atoms with van der Waals surface area (Å²) in [5, 5.41) is 3.59. The Labute approximate surface area is 121 Å². The van der Waals surface area contributed by atoms with Gasteiger partial charge in [-0.1, -0.05) is 23.7 Å². The number of aromatic nitrogens is 4. The van der Waals surface area contributed by atoms with Gasteiger partial charge in [0.2, 0.25) is 0 Å². The van der Waals surface area contributed by atoms with Crippen LogP contribution in [0.25, 0.3) is 11.0 Å². The Bertz CT molecular complexity index is 676. The van der Waals surface area contributed by atoms with Gasteiger partial charge in [0, 0.05) is 13.0 Å². The Hall–Kier alpha value is -2.14. The summed E-state index contributed by atoms with van der Waals surface area (Å²) in [6.07, 6.45) is 5.01. The first kappa shape index (κ1) is 12.9. The van der Waals surface area contributed by atoms with Crippen molar-refractivity contribution in [3.63, 3.8) is 0 Å². The second kappa shape index (κ2) is 5.88. The van der Waals surface area contributed by atoms with Crippen LogP contribution in [-0.2, 0) is 6.42 Å². The Balaban J connectivity index is 1.52. The van der Waals surface area contributed by atoms with Crippen molar-refractivity contribution in [2.45, 2.75) is 12.8 Å². The zero-order chi connectivity index (χ0) is 13.8. The van der Waals surface area contributed by atoms with Gasteiger partial charge in [0.1, 0.15) is 16.8 Å². The lowest BCUT2D eigenvalue weighted by Crippen LogP contribution is -2.05. The maximum atomic E-state index is 5.77. The highest BCUT2D eigenvalue weighted by Crippen LogP contribution is 2.11. The predicted molar refractivity (Wildman–Crippen MR) is 79.9 cm³/mol. The first-order valence-corrected chi connectivity index (χ1v) is 6.84. The molecule has 6 heteroatoms. The fraction of sp³-hybridized carbons (Fsp3) is 0.214. The van der Waals surface area contributed by atoms with Crippen molar-refractivity contribution in [1.82, 2.24) is 19.9 Å². The Morgan fingerprint density at radius 1 is 1.15 bits per heavy atom. The molecule has 102 valence electrons. The number of hydrogen-bond acceptors (Lipinski definition) is 4. The van der Waals surface area contributed by atoms with E-state index in [1.165, 1.54) is 6.20 Å². The number of nitrogens with zero attached hydrogens (tertiary/aromatic N) is 3. The number of aromatic amines is 1. The summed E-state index contributed by atoms with van der Waals surface area (Å²) in [6.45, 7) is 0.798. The van der Waals surface area contributed by atoms with Crippen molar-refractivity contribution < 1.29 is 0 Å². The van der Waals surface area contributed by atoms with Crippen LogP contribution in [0.3, 0.4) is 0 Å². The molecule has 3 rings (SSSR count). The van der Waals surface area contributed by atoms with Gasteiger partial charge in [0.15, 0.2) is 0 Å². The highest BCUT2D eigenvalue weighted by Gasteiger charge is 2.02. The highest BCUT2D eigenvalue weighted by atomic mass is 35.5. The number of halogens is 1. The smallest absolute Gasteiger partial charge is 0.149 e. The Morgan fingerprint density at radius 2 is 2.05 bits per heavy atom. The van der Waals surface area contributed by atoms with Gasteiger partial charge >= 0.3 is 0 Å². The predicted octanol–water partition coefficient (Wildman–Crippen LogP) is 3.05. The zero-order valence-corrected chi connectivity index (χ0v) is 11.6. The Kier molecular flexibility index (Phi) is 3.78. The van der Waals surface area contributed by atoms with Crippen LogP contribution < -0.4 is 5.32 Å². The van der Waals surface area contributed by atoms with Crippen LogP contribution in [-0.4, -0.2) is 26.5 Å². The van der Waals surface area contributed by atoms with Crippen molar-refractivity contribution in [3.05, 3.63) is 47.6 Å². The number of H-pyrrole nitrogens is 1.